The number of para-hydroxylation sites is 1. The first kappa shape index (κ1) is 31.3. The molecule has 13 rings (SSSR count). The maximum atomic E-state index is 2.59. The molecule has 2 aliphatic rings. The van der Waals surface area contributed by atoms with Gasteiger partial charge in [-0.3, -0.25) is 0 Å². The highest BCUT2D eigenvalue weighted by atomic mass is 32.1. The van der Waals surface area contributed by atoms with Crippen LogP contribution in [0.1, 0.15) is 11.5 Å². The summed E-state index contributed by atoms with van der Waals surface area (Å²) in [5.74, 6) is 0.254. The van der Waals surface area contributed by atoms with Crippen LogP contribution in [0.25, 0.3) is 91.1 Å². The highest BCUT2D eigenvalue weighted by molar-refractivity contribution is 7.27. The molecule has 2 atom stereocenters. The van der Waals surface area contributed by atoms with Crippen molar-refractivity contribution in [3.05, 3.63) is 200 Å². The van der Waals surface area contributed by atoms with E-state index in [1.165, 1.54) is 108 Å². The normalized spacial score (nSPS) is 16.2. The molecule has 0 saturated heterocycles. The number of nitrogens with zero attached hydrogens (tertiary/aromatic N) is 2. The van der Waals surface area contributed by atoms with Gasteiger partial charge in [-0.2, -0.15) is 0 Å². The first-order valence-electron chi connectivity index (χ1n) is 19.8. The summed E-state index contributed by atoms with van der Waals surface area (Å²) in [6.45, 7) is 0. The van der Waals surface area contributed by atoms with Crippen molar-refractivity contribution >= 4 is 97.0 Å². The Kier molecular flexibility index (Phi) is 6.47. The van der Waals surface area contributed by atoms with Gasteiger partial charge in [0.15, 0.2) is 0 Å². The lowest BCUT2D eigenvalue weighted by Gasteiger charge is -2.29. The quantitative estimate of drug-likeness (QED) is 0.164. The molecule has 266 valence electrons. The third kappa shape index (κ3) is 4.35. The minimum atomic E-state index is 0.210. The van der Waals surface area contributed by atoms with Gasteiger partial charge in [-0.05, 0) is 69.2 Å². The lowest BCUT2D eigenvalue weighted by molar-refractivity contribution is 0.745. The molecule has 2 unspecified atom stereocenters. The molecule has 11 aromatic rings. The summed E-state index contributed by atoms with van der Waals surface area (Å²) < 4.78 is 5.23. The van der Waals surface area contributed by atoms with Crippen LogP contribution in [0.3, 0.4) is 0 Å². The van der Waals surface area contributed by atoms with E-state index in [0.717, 1.165) is 0 Å². The fourth-order valence-electron chi connectivity index (χ4n) is 10.2. The Morgan fingerprint density at radius 3 is 2.07 bits per heavy atom. The van der Waals surface area contributed by atoms with Gasteiger partial charge in [-0.25, -0.2) is 0 Å². The molecule has 0 fully saturated rings. The molecule has 9 aromatic carbocycles. The lowest BCUT2D eigenvalue weighted by Crippen LogP contribution is -2.28. The molecule has 3 heterocycles. The molecule has 0 bridgehead atoms. The van der Waals surface area contributed by atoms with Crippen LogP contribution in [0.2, 0.25) is 0 Å². The number of aromatic nitrogens is 1. The summed E-state index contributed by atoms with van der Waals surface area (Å²) in [5.41, 5.74) is 10.1. The first-order valence-corrected chi connectivity index (χ1v) is 20.7. The van der Waals surface area contributed by atoms with E-state index in [1.807, 2.05) is 11.3 Å². The Morgan fingerprint density at radius 1 is 0.456 bits per heavy atom. The Balaban J connectivity index is 1.17. The number of fused-ring (bicyclic) bond motifs is 16. The summed E-state index contributed by atoms with van der Waals surface area (Å²) in [7, 11) is 0. The number of rotatable bonds is 3. The fraction of sp³-hybridized carbons (Fsp3) is 0.0370. The van der Waals surface area contributed by atoms with Crippen molar-refractivity contribution in [3.63, 3.8) is 0 Å². The van der Waals surface area contributed by atoms with Crippen molar-refractivity contribution in [2.45, 2.75) is 12.0 Å². The van der Waals surface area contributed by atoms with E-state index in [9.17, 15) is 0 Å². The van der Waals surface area contributed by atoms with Gasteiger partial charge in [0.25, 0.3) is 0 Å². The van der Waals surface area contributed by atoms with Crippen molar-refractivity contribution in [2.24, 2.45) is 0 Å². The molecule has 0 radical (unpaired) electrons. The largest absolute Gasteiger partial charge is 0.333 e. The topological polar surface area (TPSA) is 8.17 Å². The summed E-state index contributed by atoms with van der Waals surface area (Å²) in [6, 6.07) is 63.4. The van der Waals surface area contributed by atoms with Crippen LogP contribution in [0.5, 0.6) is 0 Å². The molecular formula is C54H34N2S. The molecule has 0 N–H and O–H groups in total. The smallest absolute Gasteiger partial charge is 0.0634 e. The highest BCUT2D eigenvalue weighted by Crippen LogP contribution is 2.55. The molecule has 2 nitrogen and oxygen atoms in total. The maximum absolute atomic E-state index is 2.59. The third-order valence-corrected chi connectivity index (χ3v) is 13.8. The van der Waals surface area contributed by atoms with E-state index in [-0.39, 0.29) is 12.0 Å². The van der Waals surface area contributed by atoms with E-state index in [1.54, 1.807) is 0 Å². The van der Waals surface area contributed by atoms with Crippen LogP contribution in [-0.2, 0) is 0 Å². The summed E-state index contributed by atoms with van der Waals surface area (Å²) in [4.78, 5) is 2.59. The average Bonchev–Trinajstić information content (AvgIpc) is 3.93. The second-order valence-electron chi connectivity index (χ2n) is 15.6. The first-order chi connectivity index (χ1) is 28.3. The Morgan fingerprint density at radius 2 is 1.18 bits per heavy atom. The van der Waals surface area contributed by atoms with E-state index in [2.05, 4.69) is 204 Å². The zero-order valence-electron chi connectivity index (χ0n) is 30.9. The van der Waals surface area contributed by atoms with Gasteiger partial charge < -0.3 is 9.47 Å². The standard InChI is InChI=1S/C54H34N2S/c1-2-14-33(15-3-1)36-19-12-20-37(30-36)55-46-25-10-8-23-40(46)43-31-44-49(32-48(43)55)57-54-51(44)50-39-22-7-5-17-35(39)28-29-42(50)53-52(54)41-24-9-11-26-47(41)56(53)45-27-13-18-34-16-4-6-21-38(34)45/h1-32,40,46H. The van der Waals surface area contributed by atoms with Crippen LogP contribution in [0.4, 0.5) is 11.4 Å². The van der Waals surface area contributed by atoms with Gasteiger partial charge in [0.2, 0.25) is 0 Å². The van der Waals surface area contributed by atoms with Crippen LogP contribution in [0, 0.1) is 0 Å². The minimum Gasteiger partial charge on any atom is -0.333 e. The lowest BCUT2D eigenvalue weighted by atomic mass is 9.89. The van der Waals surface area contributed by atoms with Gasteiger partial charge in [0.05, 0.1) is 22.8 Å². The van der Waals surface area contributed by atoms with Crippen molar-refractivity contribution in [1.82, 2.24) is 4.57 Å². The molecule has 0 amide bonds. The van der Waals surface area contributed by atoms with Gasteiger partial charge >= 0.3 is 0 Å². The minimum absolute atomic E-state index is 0.210. The second kappa shape index (κ2) is 11.8. The van der Waals surface area contributed by atoms with Crippen molar-refractivity contribution in [3.8, 4) is 16.8 Å². The number of thiophene rings is 1. The van der Waals surface area contributed by atoms with E-state index < -0.39 is 0 Å². The zero-order chi connectivity index (χ0) is 37.2. The molecule has 1 aliphatic carbocycles. The van der Waals surface area contributed by atoms with E-state index >= 15 is 0 Å². The van der Waals surface area contributed by atoms with Crippen LogP contribution in [-0.4, -0.2) is 10.6 Å². The van der Waals surface area contributed by atoms with E-state index in [0.29, 0.717) is 0 Å². The number of hydrogen-bond donors (Lipinski definition) is 0. The molecule has 2 aromatic heterocycles. The average molecular weight is 743 g/mol. The predicted octanol–water partition coefficient (Wildman–Crippen LogP) is 15.0. The maximum Gasteiger partial charge on any atom is 0.0634 e. The van der Waals surface area contributed by atoms with Gasteiger partial charge in [-0.1, -0.05) is 158 Å². The fourth-order valence-corrected chi connectivity index (χ4v) is 11.5. The van der Waals surface area contributed by atoms with Gasteiger partial charge in [0.1, 0.15) is 0 Å². The number of hydrogen-bond acceptors (Lipinski definition) is 2. The molecular weight excluding hydrogens is 709 g/mol. The zero-order valence-corrected chi connectivity index (χ0v) is 31.7. The SMILES string of the molecule is C1=CC2c3cc4c(cc3N(c3cccc(-c5ccccc5)c3)C2C=C1)sc1c4c2c3ccccc3ccc2c2c1c1ccccc1n2-c1cccc2ccccc12. The summed E-state index contributed by atoms with van der Waals surface area (Å²) in [5, 5.41) is 13.0. The second-order valence-corrected chi connectivity index (χ2v) is 16.6. The number of allylic oxidation sites excluding steroid dienone is 2. The van der Waals surface area contributed by atoms with Crippen molar-refractivity contribution < 1.29 is 0 Å². The molecule has 57 heavy (non-hydrogen) atoms. The molecule has 0 saturated carbocycles. The number of benzene rings is 9. The summed E-state index contributed by atoms with van der Waals surface area (Å²) in [6.07, 6.45) is 9.26. The van der Waals surface area contributed by atoms with Gasteiger partial charge in [0, 0.05) is 64.4 Å². The Hall–Kier alpha value is -6.94. The monoisotopic (exact) mass is 742 g/mol. The van der Waals surface area contributed by atoms with Crippen molar-refractivity contribution in [1.29, 1.82) is 0 Å². The van der Waals surface area contributed by atoms with Crippen LogP contribution < -0.4 is 4.90 Å². The van der Waals surface area contributed by atoms with Gasteiger partial charge in [-0.15, -0.1) is 11.3 Å². The van der Waals surface area contributed by atoms with E-state index in [4.69, 9.17) is 0 Å². The predicted molar refractivity (Wildman–Crippen MR) is 245 cm³/mol. The third-order valence-electron chi connectivity index (χ3n) is 12.6. The van der Waals surface area contributed by atoms with Crippen molar-refractivity contribution in [2.75, 3.05) is 4.90 Å². The van der Waals surface area contributed by atoms with Crippen LogP contribution in [0.15, 0.2) is 194 Å². The highest BCUT2D eigenvalue weighted by Gasteiger charge is 2.38. The Labute approximate surface area is 333 Å². The molecule has 3 heteroatoms. The molecule has 1 aliphatic heterocycles. The Bertz CT molecular complexity index is 3540. The van der Waals surface area contributed by atoms with Crippen LogP contribution >= 0.6 is 11.3 Å². The summed E-state index contributed by atoms with van der Waals surface area (Å²) >= 11 is 1.96. The molecule has 0 spiro atoms. The number of anilines is 2.